The molecule has 0 saturated heterocycles. The van der Waals surface area contributed by atoms with Crippen LogP contribution in [0.4, 0.5) is 18.2 Å². The summed E-state index contributed by atoms with van der Waals surface area (Å²) >= 11 is 1.24. The molecule has 0 aromatic carbocycles. The predicted octanol–water partition coefficient (Wildman–Crippen LogP) is 2.79. The quantitative estimate of drug-likeness (QED) is 0.807. The lowest BCUT2D eigenvalue weighted by molar-refractivity contribution is -0.138. The van der Waals surface area contributed by atoms with Crippen molar-refractivity contribution >= 4 is 28.2 Å². The first-order valence-corrected chi connectivity index (χ1v) is 9.39. The van der Waals surface area contributed by atoms with Crippen LogP contribution in [0.3, 0.4) is 0 Å². The molecule has 2 amide bonds. The number of aromatic nitrogens is 1. The molecule has 2 aromatic rings. The second-order valence-corrected chi connectivity index (χ2v) is 7.96. The van der Waals surface area contributed by atoms with Crippen LogP contribution < -0.4 is 16.6 Å². The Hall–Kier alpha value is -2.62. The molecule has 3 N–H and O–H groups in total. The van der Waals surface area contributed by atoms with Crippen molar-refractivity contribution in [2.75, 3.05) is 5.32 Å². The lowest BCUT2D eigenvalue weighted by atomic mass is 9.88. The number of amides is 2. The molecule has 0 aliphatic heterocycles. The lowest BCUT2D eigenvalue weighted by Crippen LogP contribution is -2.28. The number of carbonyl (C=O) groups is 2. The number of nitrogens with zero attached hydrogens (tertiary/aromatic N) is 1. The molecule has 2 aromatic heterocycles. The minimum atomic E-state index is -4.63. The molecule has 10 heteroatoms. The molecule has 0 bridgehead atoms. The summed E-state index contributed by atoms with van der Waals surface area (Å²) in [6, 6.07) is 1.42. The van der Waals surface area contributed by atoms with Gasteiger partial charge in [0.2, 0.25) is 5.91 Å². The fourth-order valence-corrected chi connectivity index (χ4v) is 4.68. The summed E-state index contributed by atoms with van der Waals surface area (Å²) in [7, 11) is 0. The van der Waals surface area contributed by atoms with Crippen LogP contribution in [0, 0.1) is 5.92 Å². The van der Waals surface area contributed by atoms with Gasteiger partial charge in [-0.25, -0.2) is 0 Å². The van der Waals surface area contributed by atoms with Gasteiger partial charge >= 0.3 is 6.18 Å². The predicted molar refractivity (Wildman–Crippen MR) is 98.4 cm³/mol. The minimum Gasteiger partial charge on any atom is -0.365 e. The van der Waals surface area contributed by atoms with Crippen molar-refractivity contribution in [1.29, 1.82) is 0 Å². The molecule has 1 unspecified atom stereocenters. The number of halogens is 3. The van der Waals surface area contributed by atoms with Gasteiger partial charge in [0.05, 0.1) is 11.1 Å². The molecule has 3 rings (SSSR count). The smallest absolute Gasteiger partial charge is 0.365 e. The molecule has 0 spiro atoms. The van der Waals surface area contributed by atoms with Crippen molar-refractivity contribution in [3.05, 3.63) is 50.3 Å². The van der Waals surface area contributed by atoms with Crippen LogP contribution in [0.15, 0.2) is 23.1 Å². The SMILES string of the molecule is CC1CCc2c(sc(NC(=O)Cn3cc(C(F)(F)F)ccc3=O)c2C(N)=O)C1. The van der Waals surface area contributed by atoms with Crippen molar-refractivity contribution in [2.45, 2.75) is 38.9 Å². The number of carbonyl (C=O) groups excluding carboxylic acids is 2. The van der Waals surface area contributed by atoms with E-state index in [9.17, 15) is 27.6 Å². The Morgan fingerprint density at radius 2 is 2.07 bits per heavy atom. The van der Waals surface area contributed by atoms with Crippen molar-refractivity contribution in [3.63, 3.8) is 0 Å². The normalized spacial score (nSPS) is 16.5. The first kappa shape index (κ1) is 20.1. The first-order valence-electron chi connectivity index (χ1n) is 8.58. The van der Waals surface area contributed by atoms with Crippen molar-refractivity contribution in [1.82, 2.24) is 4.57 Å². The lowest BCUT2D eigenvalue weighted by Gasteiger charge is -2.18. The highest BCUT2D eigenvalue weighted by Gasteiger charge is 2.31. The number of hydrogen-bond donors (Lipinski definition) is 2. The molecule has 6 nitrogen and oxygen atoms in total. The maximum Gasteiger partial charge on any atom is 0.417 e. The van der Waals surface area contributed by atoms with Gasteiger partial charge in [-0.15, -0.1) is 11.3 Å². The second-order valence-electron chi connectivity index (χ2n) is 6.85. The van der Waals surface area contributed by atoms with Gasteiger partial charge in [0.1, 0.15) is 11.5 Å². The second kappa shape index (κ2) is 7.42. The third-order valence-corrected chi connectivity index (χ3v) is 5.81. The van der Waals surface area contributed by atoms with E-state index in [0.29, 0.717) is 29.2 Å². The molecule has 1 aliphatic carbocycles. The number of thiophene rings is 1. The zero-order valence-electron chi connectivity index (χ0n) is 14.9. The number of rotatable bonds is 4. The highest BCUT2D eigenvalue weighted by Crippen LogP contribution is 2.39. The Morgan fingerprint density at radius 1 is 1.36 bits per heavy atom. The summed E-state index contributed by atoms with van der Waals surface area (Å²) in [6.07, 6.45) is -1.69. The molecule has 2 heterocycles. The van der Waals surface area contributed by atoms with Crippen molar-refractivity contribution < 1.29 is 22.8 Å². The van der Waals surface area contributed by atoms with Gasteiger partial charge in [-0.1, -0.05) is 6.92 Å². The number of hydrogen-bond acceptors (Lipinski definition) is 4. The molecular formula is C18H18F3N3O3S. The van der Waals surface area contributed by atoms with E-state index in [0.717, 1.165) is 29.3 Å². The van der Waals surface area contributed by atoms with E-state index < -0.39 is 35.7 Å². The Balaban J connectivity index is 1.85. The highest BCUT2D eigenvalue weighted by atomic mass is 32.1. The molecule has 0 fully saturated rings. The molecule has 1 atom stereocenters. The fraction of sp³-hybridized carbons (Fsp3) is 0.389. The van der Waals surface area contributed by atoms with Crippen molar-refractivity contribution in [2.24, 2.45) is 11.7 Å². The van der Waals surface area contributed by atoms with Crippen LogP contribution in [-0.2, 0) is 30.4 Å². The number of primary amides is 1. The third kappa shape index (κ3) is 4.11. The largest absolute Gasteiger partial charge is 0.417 e. The number of alkyl halides is 3. The highest BCUT2D eigenvalue weighted by molar-refractivity contribution is 7.17. The molecule has 1 aliphatic rings. The average Bonchev–Trinajstić information content (AvgIpc) is 2.92. The fourth-order valence-electron chi connectivity index (χ4n) is 3.24. The van der Waals surface area contributed by atoms with E-state index in [-0.39, 0.29) is 10.6 Å². The number of anilines is 1. The van der Waals surface area contributed by atoms with Crippen LogP contribution in [0.1, 0.15) is 39.7 Å². The van der Waals surface area contributed by atoms with Gasteiger partial charge in [-0.2, -0.15) is 13.2 Å². The monoisotopic (exact) mass is 413 g/mol. The van der Waals surface area contributed by atoms with Crippen molar-refractivity contribution in [3.8, 4) is 0 Å². The van der Waals surface area contributed by atoms with Gasteiger partial charge in [0.25, 0.3) is 11.5 Å². The number of nitrogens with one attached hydrogen (secondary N) is 1. The average molecular weight is 413 g/mol. The molecule has 0 radical (unpaired) electrons. The van der Waals surface area contributed by atoms with E-state index in [2.05, 4.69) is 12.2 Å². The van der Waals surface area contributed by atoms with E-state index in [1.165, 1.54) is 11.3 Å². The maximum atomic E-state index is 12.8. The summed E-state index contributed by atoms with van der Waals surface area (Å²) in [6.45, 7) is 1.48. The van der Waals surface area contributed by atoms with Crippen LogP contribution >= 0.6 is 11.3 Å². The summed E-state index contributed by atoms with van der Waals surface area (Å²) < 4.78 is 39.1. The molecule has 150 valence electrons. The Kier molecular flexibility index (Phi) is 5.33. The minimum absolute atomic E-state index is 0.247. The third-order valence-electron chi connectivity index (χ3n) is 4.64. The van der Waals surface area contributed by atoms with E-state index in [1.54, 1.807) is 0 Å². The van der Waals surface area contributed by atoms with E-state index in [1.807, 2.05) is 0 Å². The Morgan fingerprint density at radius 3 is 2.71 bits per heavy atom. The zero-order chi connectivity index (χ0) is 20.6. The van der Waals surface area contributed by atoms with Gasteiger partial charge in [0, 0.05) is 17.1 Å². The molecular weight excluding hydrogens is 395 g/mol. The van der Waals surface area contributed by atoms with E-state index in [4.69, 9.17) is 5.73 Å². The summed E-state index contributed by atoms with van der Waals surface area (Å²) in [4.78, 5) is 37.0. The summed E-state index contributed by atoms with van der Waals surface area (Å²) in [5.74, 6) is -0.937. The first-order chi connectivity index (χ1) is 13.1. The van der Waals surface area contributed by atoms with Crippen LogP contribution in [-0.4, -0.2) is 16.4 Å². The topological polar surface area (TPSA) is 94.2 Å². The Bertz CT molecular complexity index is 994. The van der Waals surface area contributed by atoms with Gasteiger partial charge in [-0.05, 0) is 36.8 Å². The standard InChI is InChI=1S/C18H18F3N3O3S/c1-9-2-4-11-12(6-9)28-17(15(11)16(22)27)23-13(25)8-24-7-10(18(19,20)21)3-5-14(24)26/h3,5,7,9H,2,4,6,8H2,1H3,(H2,22,27)(H,23,25). The molecule has 28 heavy (non-hydrogen) atoms. The van der Waals surface area contributed by atoms with Crippen LogP contribution in [0.2, 0.25) is 0 Å². The maximum absolute atomic E-state index is 12.8. The summed E-state index contributed by atoms with van der Waals surface area (Å²) in [5.41, 5.74) is 4.77. The van der Waals surface area contributed by atoms with Gasteiger partial charge < -0.3 is 15.6 Å². The van der Waals surface area contributed by atoms with Gasteiger partial charge in [-0.3, -0.25) is 14.4 Å². The van der Waals surface area contributed by atoms with Gasteiger partial charge in [0.15, 0.2) is 0 Å². The number of nitrogens with two attached hydrogens (primary N) is 1. The molecule has 0 saturated carbocycles. The van der Waals surface area contributed by atoms with Crippen LogP contribution in [0.25, 0.3) is 0 Å². The number of fused-ring (bicyclic) bond motifs is 1. The Labute approximate surface area is 162 Å². The number of pyridine rings is 1. The summed E-state index contributed by atoms with van der Waals surface area (Å²) in [5, 5.41) is 2.81. The van der Waals surface area contributed by atoms with Crippen LogP contribution in [0.5, 0.6) is 0 Å². The zero-order valence-corrected chi connectivity index (χ0v) is 15.7. The van der Waals surface area contributed by atoms with E-state index >= 15 is 0 Å².